The molecule has 1 atom stereocenters. The van der Waals surface area contributed by atoms with E-state index in [1.165, 1.54) is 0 Å². The van der Waals surface area contributed by atoms with Crippen LogP contribution in [0.25, 0.3) is 0 Å². The Labute approximate surface area is 121 Å². The van der Waals surface area contributed by atoms with Gasteiger partial charge in [0.25, 0.3) is 5.91 Å². The first kappa shape index (κ1) is 16.4. The van der Waals surface area contributed by atoms with Crippen LogP contribution in [-0.4, -0.2) is 48.5 Å². The number of pyridine rings is 1. The molecule has 0 spiro atoms. The zero-order chi connectivity index (χ0) is 15.1. The van der Waals surface area contributed by atoms with Crippen molar-refractivity contribution < 1.29 is 4.79 Å². The molecular weight excluding hydrogens is 252 g/mol. The molecule has 0 bridgehead atoms. The highest BCUT2D eigenvalue weighted by molar-refractivity contribution is 5.93. The van der Waals surface area contributed by atoms with E-state index in [-0.39, 0.29) is 11.9 Å². The van der Waals surface area contributed by atoms with Gasteiger partial charge < -0.3 is 15.5 Å². The summed E-state index contributed by atoms with van der Waals surface area (Å²) in [5, 5.41) is 0. The third kappa shape index (κ3) is 4.49. The average molecular weight is 278 g/mol. The Morgan fingerprint density at radius 2 is 2.05 bits per heavy atom. The molecule has 1 unspecified atom stereocenters. The van der Waals surface area contributed by atoms with Crippen molar-refractivity contribution in [2.45, 2.75) is 33.2 Å². The van der Waals surface area contributed by atoms with Crippen LogP contribution in [0.5, 0.6) is 0 Å². The van der Waals surface area contributed by atoms with Crippen LogP contribution >= 0.6 is 0 Å². The fourth-order valence-electron chi connectivity index (χ4n) is 1.97. The highest BCUT2D eigenvalue weighted by Gasteiger charge is 2.15. The van der Waals surface area contributed by atoms with Crippen molar-refractivity contribution >= 4 is 11.6 Å². The van der Waals surface area contributed by atoms with Gasteiger partial charge in [-0.05, 0) is 39.3 Å². The molecular formula is C15H26N4O. The van der Waals surface area contributed by atoms with Gasteiger partial charge in [0.1, 0.15) is 5.69 Å². The largest absolute Gasteiger partial charge is 0.374 e. The number of anilines is 1. The molecule has 1 aromatic rings. The fourth-order valence-corrected chi connectivity index (χ4v) is 1.97. The van der Waals surface area contributed by atoms with Gasteiger partial charge in [-0.3, -0.25) is 9.78 Å². The monoisotopic (exact) mass is 278 g/mol. The SMILES string of the molecule is CCN(CC)C(=O)c1cc(N(C)CCC(C)N)ccn1. The topological polar surface area (TPSA) is 62.5 Å². The van der Waals surface area contributed by atoms with Gasteiger partial charge in [-0.15, -0.1) is 0 Å². The van der Waals surface area contributed by atoms with Gasteiger partial charge in [0, 0.05) is 44.6 Å². The lowest BCUT2D eigenvalue weighted by atomic mass is 10.2. The molecule has 0 saturated heterocycles. The summed E-state index contributed by atoms with van der Waals surface area (Å²) in [6.07, 6.45) is 2.60. The highest BCUT2D eigenvalue weighted by Crippen LogP contribution is 2.14. The van der Waals surface area contributed by atoms with E-state index in [1.54, 1.807) is 11.1 Å². The van der Waals surface area contributed by atoms with Crippen LogP contribution in [0.2, 0.25) is 0 Å². The number of amides is 1. The van der Waals surface area contributed by atoms with Gasteiger partial charge in [-0.1, -0.05) is 0 Å². The van der Waals surface area contributed by atoms with E-state index in [9.17, 15) is 4.79 Å². The van der Waals surface area contributed by atoms with E-state index < -0.39 is 0 Å². The van der Waals surface area contributed by atoms with Gasteiger partial charge in [0.15, 0.2) is 0 Å². The summed E-state index contributed by atoms with van der Waals surface area (Å²) in [4.78, 5) is 20.3. The highest BCUT2D eigenvalue weighted by atomic mass is 16.2. The van der Waals surface area contributed by atoms with Crippen molar-refractivity contribution in [3.8, 4) is 0 Å². The summed E-state index contributed by atoms with van der Waals surface area (Å²) < 4.78 is 0. The number of carbonyl (C=O) groups is 1. The molecule has 1 aromatic heterocycles. The van der Waals surface area contributed by atoms with E-state index in [0.29, 0.717) is 18.8 Å². The van der Waals surface area contributed by atoms with Crippen molar-refractivity contribution in [1.82, 2.24) is 9.88 Å². The summed E-state index contributed by atoms with van der Waals surface area (Å²) in [6.45, 7) is 8.19. The molecule has 1 rings (SSSR count). The van der Waals surface area contributed by atoms with Crippen molar-refractivity contribution in [2.75, 3.05) is 31.6 Å². The predicted octanol–water partition coefficient (Wildman–Crippen LogP) is 1.74. The van der Waals surface area contributed by atoms with Crippen molar-refractivity contribution in [3.05, 3.63) is 24.0 Å². The molecule has 0 saturated carbocycles. The zero-order valence-electron chi connectivity index (χ0n) is 13.0. The number of rotatable bonds is 7. The van der Waals surface area contributed by atoms with Crippen LogP contribution in [0.15, 0.2) is 18.3 Å². The third-order valence-corrected chi connectivity index (χ3v) is 3.37. The van der Waals surface area contributed by atoms with Crippen LogP contribution in [0.1, 0.15) is 37.7 Å². The van der Waals surface area contributed by atoms with Crippen molar-refractivity contribution in [2.24, 2.45) is 5.73 Å². The number of aromatic nitrogens is 1. The Morgan fingerprint density at radius 3 is 2.60 bits per heavy atom. The molecule has 112 valence electrons. The van der Waals surface area contributed by atoms with Crippen LogP contribution < -0.4 is 10.6 Å². The first-order valence-electron chi connectivity index (χ1n) is 7.21. The second-order valence-electron chi connectivity index (χ2n) is 5.06. The van der Waals surface area contributed by atoms with Crippen LogP contribution in [0, 0.1) is 0 Å². The predicted molar refractivity (Wildman–Crippen MR) is 83.0 cm³/mol. The van der Waals surface area contributed by atoms with Gasteiger partial charge in [0.05, 0.1) is 0 Å². The molecule has 0 aromatic carbocycles. The molecule has 5 heteroatoms. The number of nitrogens with zero attached hydrogens (tertiary/aromatic N) is 3. The van der Waals surface area contributed by atoms with Crippen molar-refractivity contribution in [3.63, 3.8) is 0 Å². The molecule has 20 heavy (non-hydrogen) atoms. The lowest BCUT2D eigenvalue weighted by Gasteiger charge is -2.22. The Balaban J connectivity index is 2.82. The molecule has 0 aliphatic heterocycles. The first-order chi connectivity index (χ1) is 9.49. The smallest absolute Gasteiger partial charge is 0.272 e. The maximum absolute atomic E-state index is 12.3. The fraction of sp³-hybridized carbons (Fsp3) is 0.600. The Kier molecular flexibility index (Phi) is 6.45. The van der Waals surface area contributed by atoms with Gasteiger partial charge in [0.2, 0.25) is 0 Å². The quantitative estimate of drug-likeness (QED) is 0.825. The summed E-state index contributed by atoms with van der Waals surface area (Å²) >= 11 is 0. The molecule has 1 amide bonds. The Morgan fingerprint density at radius 1 is 1.40 bits per heavy atom. The maximum atomic E-state index is 12.3. The molecule has 0 fully saturated rings. The summed E-state index contributed by atoms with van der Waals surface area (Å²) in [5.41, 5.74) is 7.27. The maximum Gasteiger partial charge on any atom is 0.272 e. The second kappa shape index (κ2) is 7.85. The molecule has 0 aliphatic carbocycles. The first-order valence-corrected chi connectivity index (χ1v) is 7.21. The number of hydrogen-bond donors (Lipinski definition) is 1. The Bertz CT molecular complexity index is 430. The Hall–Kier alpha value is -1.62. The molecule has 2 N–H and O–H groups in total. The normalized spacial score (nSPS) is 12.1. The van der Waals surface area contributed by atoms with Crippen LogP contribution in [0.3, 0.4) is 0 Å². The van der Waals surface area contributed by atoms with E-state index in [4.69, 9.17) is 5.73 Å². The number of nitrogens with two attached hydrogens (primary N) is 1. The molecule has 0 radical (unpaired) electrons. The molecule has 1 heterocycles. The van der Waals surface area contributed by atoms with Gasteiger partial charge in [-0.2, -0.15) is 0 Å². The third-order valence-electron chi connectivity index (χ3n) is 3.37. The van der Waals surface area contributed by atoms with E-state index in [1.807, 2.05) is 40.0 Å². The lowest BCUT2D eigenvalue weighted by Crippen LogP contribution is -2.31. The second-order valence-corrected chi connectivity index (χ2v) is 5.06. The number of hydrogen-bond acceptors (Lipinski definition) is 4. The minimum atomic E-state index is -0.0163. The summed E-state index contributed by atoms with van der Waals surface area (Å²) in [5.74, 6) is -0.0163. The van der Waals surface area contributed by atoms with Gasteiger partial charge in [-0.25, -0.2) is 0 Å². The van der Waals surface area contributed by atoms with Crippen LogP contribution in [0.4, 0.5) is 5.69 Å². The van der Waals surface area contributed by atoms with Gasteiger partial charge >= 0.3 is 0 Å². The molecule has 0 aliphatic rings. The van der Waals surface area contributed by atoms with E-state index in [2.05, 4.69) is 9.88 Å². The minimum absolute atomic E-state index is 0.0163. The summed E-state index contributed by atoms with van der Waals surface area (Å²) in [7, 11) is 2.00. The average Bonchev–Trinajstić information content (AvgIpc) is 2.46. The zero-order valence-corrected chi connectivity index (χ0v) is 13.0. The lowest BCUT2D eigenvalue weighted by molar-refractivity contribution is 0.0767. The standard InChI is InChI=1S/C15H26N4O/c1-5-19(6-2)15(20)14-11-13(7-9-17-14)18(4)10-8-12(3)16/h7,9,11-12H,5-6,8,10,16H2,1-4H3. The van der Waals surface area contributed by atoms with E-state index in [0.717, 1.165) is 18.7 Å². The number of carbonyl (C=O) groups excluding carboxylic acids is 1. The minimum Gasteiger partial charge on any atom is -0.374 e. The van der Waals surface area contributed by atoms with Crippen LogP contribution in [-0.2, 0) is 0 Å². The molecule has 5 nitrogen and oxygen atoms in total. The van der Waals surface area contributed by atoms with Crippen molar-refractivity contribution in [1.29, 1.82) is 0 Å². The summed E-state index contributed by atoms with van der Waals surface area (Å²) in [6, 6.07) is 3.94. The van der Waals surface area contributed by atoms with E-state index >= 15 is 0 Å².